The molecule has 3 aromatic rings. The summed E-state index contributed by atoms with van der Waals surface area (Å²) >= 11 is 0. The molecule has 0 bridgehead atoms. The molecule has 1 aliphatic rings. The smallest absolute Gasteiger partial charge is 0.287 e. The number of H-pyrrole nitrogens is 1. The van der Waals surface area contributed by atoms with E-state index in [0.29, 0.717) is 11.3 Å². The lowest BCUT2D eigenvalue weighted by atomic mass is 9.86. The fourth-order valence-corrected chi connectivity index (χ4v) is 4.62. The molecule has 0 aliphatic heterocycles. The van der Waals surface area contributed by atoms with E-state index in [4.69, 9.17) is 4.74 Å². The van der Waals surface area contributed by atoms with E-state index < -0.39 is 33.4 Å². The van der Waals surface area contributed by atoms with Gasteiger partial charge in [0.05, 0.1) is 34.7 Å². The van der Waals surface area contributed by atoms with Crippen LogP contribution in [0.1, 0.15) is 23.5 Å². The topological polar surface area (TPSA) is 142 Å². The minimum Gasteiger partial charge on any atom is -0.493 e. The summed E-state index contributed by atoms with van der Waals surface area (Å²) in [5.74, 6) is 0.239. The number of para-hydroxylation sites is 2. The predicted molar refractivity (Wildman–Crippen MR) is 117 cm³/mol. The van der Waals surface area contributed by atoms with Crippen LogP contribution in [-0.2, 0) is 9.84 Å². The Hall–Kier alpha value is -2.95. The lowest BCUT2D eigenvalue weighted by Gasteiger charge is -2.29. The number of aliphatic hydroxyl groups excluding tert-OH is 2. The van der Waals surface area contributed by atoms with Crippen molar-refractivity contribution >= 4 is 26.8 Å². The van der Waals surface area contributed by atoms with Gasteiger partial charge in [0.25, 0.3) is 5.91 Å². The Bertz CT molecular complexity index is 1180. The first-order chi connectivity index (χ1) is 15.2. The highest BCUT2D eigenvalue weighted by atomic mass is 32.2. The van der Waals surface area contributed by atoms with Crippen LogP contribution >= 0.6 is 0 Å². The largest absolute Gasteiger partial charge is 0.493 e. The summed E-state index contributed by atoms with van der Waals surface area (Å²) < 4.78 is 29.1. The number of carbonyl (C=O) groups is 1. The summed E-state index contributed by atoms with van der Waals surface area (Å²) in [5.41, 5.74) is 0.732. The Morgan fingerprint density at radius 1 is 1.16 bits per heavy atom. The molecule has 1 heterocycles. The van der Waals surface area contributed by atoms with Crippen LogP contribution in [0.4, 0.5) is 0 Å². The van der Waals surface area contributed by atoms with Crippen molar-refractivity contribution in [3.05, 3.63) is 54.4 Å². The van der Waals surface area contributed by atoms with Crippen molar-refractivity contribution < 1.29 is 28.2 Å². The molecule has 3 atom stereocenters. The molecule has 0 radical (unpaired) electrons. The van der Waals surface area contributed by atoms with Gasteiger partial charge in [-0.05, 0) is 49.2 Å². The van der Waals surface area contributed by atoms with Gasteiger partial charge >= 0.3 is 0 Å². The maximum absolute atomic E-state index is 12.7. The van der Waals surface area contributed by atoms with Crippen molar-refractivity contribution in [1.82, 2.24) is 15.3 Å². The van der Waals surface area contributed by atoms with Crippen LogP contribution in [0.5, 0.6) is 5.75 Å². The van der Waals surface area contributed by atoms with Gasteiger partial charge < -0.3 is 25.3 Å². The Morgan fingerprint density at radius 2 is 1.81 bits per heavy atom. The number of hydrogen-bond acceptors (Lipinski definition) is 7. The first kappa shape index (κ1) is 22.3. The number of hydrogen-bond donors (Lipinski definition) is 4. The van der Waals surface area contributed by atoms with E-state index in [1.807, 2.05) is 18.2 Å². The van der Waals surface area contributed by atoms with Crippen LogP contribution in [0.2, 0.25) is 0 Å². The van der Waals surface area contributed by atoms with E-state index in [1.54, 1.807) is 18.2 Å². The third-order valence-electron chi connectivity index (χ3n) is 5.75. The van der Waals surface area contributed by atoms with Gasteiger partial charge in [0, 0.05) is 18.2 Å². The van der Waals surface area contributed by atoms with Gasteiger partial charge in [0.1, 0.15) is 5.75 Å². The summed E-state index contributed by atoms with van der Waals surface area (Å²) in [6.45, 7) is 0.290. The third kappa shape index (κ3) is 4.77. The highest BCUT2D eigenvalue weighted by Crippen LogP contribution is 2.39. The minimum atomic E-state index is -3.31. The predicted octanol–water partition coefficient (Wildman–Crippen LogP) is 1.28. The molecule has 1 unspecified atom stereocenters. The quantitative estimate of drug-likeness (QED) is 0.417. The highest BCUT2D eigenvalue weighted by Gasteiger charge is 2.45. The van der Waals surface area contributed by atoms with Gasteiger partial charge in [0.15, 0.2) is 15.7 Å². The molecule has 1 aromatic heterocycles. The highest BCUT2D eigenvalue weighted by molar-refractivity contribution is 7.90. The first-order valence-electron chi connectivity index (χ1n) is 10.2. The van der Waals surface area contributed by atoms with E-state index in [-0.39, 0.29) is 36.7 Å². The van der Waals surface area contributed by atoms with Crippen LogP contribution < -0.4 is 10.1 Å². The second kappa shape index (κ2) is 8.53. The molecule has 0 spiro atoms. The maximum atomic E-state index is 12.7. The van der Waals surface area contributed by atoms with Gasteiger partial charge in [-0.3, -0.25) is 4.79 Å². The number of ether oxygens (including phenoxy) is 1. The lowest BCUT2D eigenvalue weighted by molar-refractivity contribution is 0.0438. The molecule has 1 fully saturated rings. The SMILES string of the molecule is CS(=O)(=O)c1ccc(OCC2(CNC(=O)c3nc4ccccc4[nH]3)C[C@@H](O)[C@@H](O)C2)cc1. The van der Waals surface area contributed by atoms with Crippen molar-refractivity contribution in [3.8, 4) is 5.75 Å². The number of aliphatic hydroxyl groups is 2. The van der Waals surface area contributed by atoms with Crippen molar-refractivity contribution in [2.45, 2.75) is 29.9 Å². The molecule has 2 aromatic carbocycles. The normalized spacial score (nSPS) is 23.3. The number of imidazole rings is 1. The van der Waals surface area contributed by atoms with Crippen molar-refractivity contribution in [2.75, 3.05) is 19.4 Å². The summed E-state index contributed by atoms with van der Waals surface area (Å²) in [7, 11) is -3.31. The van der Waals surface area contributed by atoms with Gasteiger partial charge in [-0.25, -0.2) is 13.4 Å². The minimum absolute atomic E-state index is 0.125. The molecular weight excluding hydrogens is 434 g/mol. The average molecular weight is 460 g/mol. The first-order valence-corrected chi connectivity index (χ1v) is 12.1. The molecular formula is C22H25N3O6S. The molecule has 32 heavy (non-hydrogen) atoms. The van der Waals surface area contributed by atoms with E-state index in [1.165, 1.54) is 12.1 Å². The molecule has 4 N–H and O–H groups in total. The zero-order valence-corrected chi connectivity index (χ0v) is 18.3. The van der Waals surface area contributed by atoms with Crippen LogP contribution in [0.15, 0.2) is 53.4 Å². The number of fused-ring (bicyclic) bond motifs is 1. The molecule has 1 amide bonds. The van der Waals surface area contributed by atoms with Crippen molar-refractivity contribution in [2.24, 2.45) is 5.41 Å². The third-order valence-corrected chi connectivity index (χ3v) is 6.88. The summed E-state index contributed by atoms with van der Waals surface area (Å²) in [5, 5.41) is 23.1. The summed E-state index contributed by atoms with van der Waals surface area (Å²) in [4.78, 5) is 20.1. The molecule has 9 nitrogen and oxygen atoms in total. The number of carbonyl (C=O) groups excluding carboxylic acids is 1. The van der Waals surface area contributed by atoms with Crippen LogP contribution in [0, 0.1) is 5.41 Å². The Labute approximate surface area is 185 Å². The maximum Gasteiger partial charge on any atom is 0.287 e. The second-order valence-electron chi connectivity index (χ2n) is 8.36. The number of nitrogens with zero attached hydrogens (tertiary/aromatic N) is 1. The summed E-state index contributed by atoms with van der Waals surface area (Å²) in [6.07, 6.45) is -0.223. The van der Waals surface area contributed by atoms with E-state index >= 15 is 0 Å². The number of rotatable bonds is 7. The molecule has 0 saturated heterocycles. The van der Waals surface area contributed by atoms with Gasteiger partial charge in [-0.2, -0.15) is 0 Å². The number of sulfone groups is 1. The Balaban J connectivity index is 1.45. The van der Waals surface area contributed by atoms with Gasteiger partial charge in [0.2, 0.25) is 0 Å². The molecule has 10 heteroatoms. The van der Waals surface area contributed by atoms with Crippen LogP contribution in [0.3, 0.4) is 0 Å². The second-order valence-corrected chi connectivity index (χ2v) is 10.4. The average Bonchev–Trinajstić information content (AvgIpc) is 3.31. The number of benzene rings is 2. The van der Waals surface area contributed by atoms with E-state index in [0.717, 1.165) is 11.8 Å². The molecule has 4 rings (SSSR count). The number of amides is 1. The Kier molecular flexibility index (Phi) is 5.93. The molecule has 170 valence electrons. The van der Waals surface area contributed by atoms with Crippen molar-refractivity contribution in [3.63, 3.8) is 0 Å². The fourth-order valence-electron chi connectivity index (χ4n) is 3.99. The molecule has 1 saturated carbocycles. The summed E-state index contributed by atoms with van der Waals surface area (Å²) in [6, 6.07) is 13.3. The van der Waals surface area contributed by atoms with Crippen molar-refractivity contribution in [1.29, 1.82) is 0 Å². The number of aromatic amines is 1. The zero-order valence-electron chi connectivity index (χ0n) is 17.5. The number of aromatic nitrogens is 2. The zero-order chi connectivity index (χ0) is 22.9. The molecule has 1 aliphatic carbocycles. The van der Waals surface area contributed by atoms with Crippen LogP contribution in [0.25, 0.3) is 11.0 Å². The monoisotopic (exact) mass is 459 g/mol. The fraction of sp³-hybridized carbons (Fsp3) is 0.364. The number of nitrogens with one attached hydrogen (secondary N) is 2. The Morgan fingerprint density at radius 3 is 2.44 bits per heavy atom. The van der Waals surface area contributed by atoms with E-state index in [9.17, 15) is 23.4 Å². The van der Waals surface area contributed by atoms with Gasteiger partial charge in [-0.15, -0.1) is 0 Å². The van der Waals surface area contributed by atoms with E-state index in [2.05, 4.69) is 15.3 Å². The lowest BCUT2D eigenvalue weighted by Crippen LogP contribution is -2.41. The van der Waals surface area contributed by atoms with Gasteiger partial charge in [-0.1, -0.05) is 12.1 Å². The standard InChI is InChI=1S/C22H25N3O6S/c1-32(29,30)15-8-6-14(7-9-15)31-13-22(10-18(26)19(27)11-22)12-23-21(28)20-24-16-4-2-3-5-17(16)25-20/h2-9,18-19,26-27H,10-13H2,1H3,(H,23,28)(H,24,25)/t18-,19+,22?. The van der Waals surface area contributed by atoms with Crippen LogP contribution in [-0.4, -0.2) is 66.1 Å².